The summed E-state index contributed by atoms with van der Waals surface area (Å²) >= 11 is 2.03. The van der Waals surface area contributed by atoms with E-state index < -0.39 is 0 Å². The fourth-order valence-corrected chi connectivity index (χ4v) is 0. The van der Waals surface area contributed by atoms with Crippen molar-refractivity contribution in [3.05, 3.63) is 0 Å². The van der Waals surface area contributed by atoms with Gasteiger partial charge in [0.05, 0.1) is 0 Å². The van der Waals surface area contributed by atoms with Crippen molar-refractivity contribution in [1.82, 2.24) is 0 Å². The van der Waals surface area contributed by atoms with E-state index >= 15 is 0 Å². The Morgan fingerprint density at radius 3 is 1.67 bits per heavy atom. The van der Waals surface area contributed by atoms with Gasteiger partial charge < -0.3 is 0 Å². The molecule has 47 valence electrons. The van der Waals surface area contributed by atoms with E-state index in [9.17, 15) is 0 Å². The third-order valence-corrected chi connectivity index (χ3v) is 1.05. The van der Waals surface area contributed by atoms with Gasteiger partial charge in [0.1, 0.15) is 0 Å². The Bertz CT molecular complexity index is 22.8. The van der Waals surface area contributed by atoms with Gasteiger partial charge in [-0.05, 0) is 0 Å². The first-order chi connectivity index (χ1) is 2.27. The fraction of sp³-hybridized carbons (Fsp3) is 1.00. The van der Waals surface area contributed by atoms with E-state index in [0.717, 1.165) is 0 Å². The van der Waals surface area contributed by atoms with E-state index in [-0.39, 0.29) is 37.7 Å². The Balaban J connectivity index is 0. The predicted octanol–water partition coefficient (Wildman–Crippen LogP) is 0.876. The van der Waals surface area contributed by atoms with Crippen molar-refractivity contribution in [2.75, 3.05) is 0 Å². The van der Waals surface area contributed by atoms with Crippen LogP contribution in [0.1, 0.15) is 13.8 Å². The molecular formula is C3H7Ho2O. The van der Waals surface area contributed by atoms with Gasteiger partial charge in [-0.2, -0.15) is 0 Å². The van der Waals surface area contributed by atoms with E-state index in [1.54, 1.807) is 0 Å². The smallest absolute Gasteiger partial charge is 0 e. The van der Waals surface area contributed by atoms with Crippen molar-refractivity contribution in [2.24, 2.45) is 0 Å². The minimum absolute atomic E-state index is 0. The first-order valence-corrected chi connectivity index (χ1v) is 2.30. The Morgan fingerprint density at radius 1 is 1.50 bits per heavy atom. The largest absolute Gasteiger partial charge is 0 e. The van der Waals surface area contributed by atoms with Crippen LogP contribution in [0.5, 0.6) is 0 Å². The maximum Gasteiger partial charge on any atom is 0 e. The van der Waals surface area contributed by atoms with E-state index in [2.05, 4.69) is 0 Å². The summed E-state index contributed by atoms with van der Waals surface area (Å²) in [6.07, 6.45) is 0.360. The van der Waals surface area contributed by atoms with Crippen LogP contribution in [-0.4, -0.2) is 6.10 Å². The fourth-order valence-electron chi connectivity index (χ4n) is 0. The minimum atomic E-state index is 0. The van der Waals surface area contributed by atoms with Gasteiger partial charge in [-0.25, -0.2) is 0 Å². The number of hydrogen-bond donors (Lipinski definition) is 0. The molecule has 0 heterocycles. The van der Waals surface area contributed by atoms with Crippen molar-refractivity contribution in [3.8, 4) is 0 Å². The summed E-state index contributed by atoms with van der Waals surface area (Å²) in [6, 6.07) is 0. The molecule has 0 aromatic carbocycles. The summed E-state index contributed by atoms with van der Waals surface area (Å²) in [7, 11) is 0. The van der Waals surface area contributed by atoms with Gasteiger partial charge >= 0.3 is 57.7 Å². The van der Waals surface area contributed by atoms with Crippen LogP contribution in [-0.2, 0) is 1.44 Å². The van der Waals surface area contributed by atoms with Crippen LogP contribution in [0.2, 0.25) is 0 Å². The molecule has 6 heavy (non-hydrogen) atoms. The van der Waals surface area contributed by atoms with Gasteiger partial charge in [0, 0.05) is 37.7 Å². The third kappa shape index (κ3) is 9.70. The first-order valence-electron chi connectivity index (χ1n) is 1.51. The van der Waals surface area contributed by atoms with Crippen LogP contribution in [0, 0.1) is 74.1 Å². The number of rotatable bonds is 1. The van der Waals surface area contributed by atoms with Crippen molar-refractivity contribution < 1.29 is 75.5 Å². The topological polar surface area (TPSA) is 9.23 Å². The van der Waals surface area contributed by atoms with E-state index in [0.29, 0.717) is 6.10 Å². The second kappa shape index (κ2) is 7.48. The molecule has 0 aliphatic heterocycles. The van der Waals surface area contributed by atoms with E-state index in [1.165, 1.54) is 0 Å². The summed E-state index contributed by atoms with van der Waals surface area (Å²) < 4.78 is 4.69. The van der Waals surface area contributed by atoms with Gasteiger partial charge in [-0.1, -0.05) is 0 Å². The average Bonchev–Trinajstić information content (AvgIpc) is 1.38. The molecule has 0 unspecified atom stereocenters. The van der Waals surface area contributed by atoms with Gasteiger partial charge in [0.15, 0.2) is 0 Å². The molecular weight excluding hydrogens is 382 g/mol. The molecule has 0 N–H and O–H groups in total. The summed E-state index contributed by atoms with van der Waals surface area (Å²) in [5, 5.41) is 0. The van der Waals surface area contributed by atoms with Crippen molar-refractivity contribution in [3.63, 3.8) is 0 Å². The predicted molar refractivity (Wildman–Crippen MR) is 16.2 cm³/mol. The Kier molecular flexibility index (Phi) is 14.1. The molecule has 0 aliphatic rings. The molecule has 0 atom stereocenters. The SMILES string of the molecule is CC(C)[O][Ho].[Ho]. The summed E-state index contributed by atoms with van der Waals surface area (Å²) in [5.74, 6) is 0. The average molecular weight is 389 g/mol. The first kappa shape index (κ1) is 11.3. The second-order valence-corrected chi connectivity index (χ2v) is 1.58. The third-order valence-electron chi connectivity index (χ3n) is 0.142. The quantitative estimate of drug-likeness (QED) is 0.606. The van der Waals surface area contributed by atoms with Gasteiger partial charge in [0.25, 0.3) is 0 Å². The zero-order valence-electron chi connectivity index (χ0n) is 3.59. The maximum atomic E-state index is 4.69. The van der Waals surface area contributed by atoms with Gasteiger partial charge in [-0.3, -0.25) is 0 Å². The second-order valence-electron chi connectivity index (χ2n) is 1.12. The van der Waals surface area contributed by atoms with Gasteiger partial charge in [-0.15, -0.1) is 0 Å². The zero-order valence-corrected chi connectivity index (χ0v) is 7.46. The minimum Gasteiger partial charge on any atom is 0 e. The molecule has 0 aromatic rings. The Hall–Kier alpha value is 2.48. The molecule has 0 rings (SSSR count). The Labute approximate surface area is 93.4 Å². The maximum absolute atomic E-state index is 4.69. The molecule has 0 bridgehead atoms. The normalized spacial score (nSPS) is 8.17. The molecule has 0 aliphatic carbocycles. The monoisotopic (exact) mass is 389 g/mol. The van der Waals surface area contributed by atoms with Crippen molar-refractivity contribution >= 4 is 0 Å². The molecule has 0 amide bonds. The summed E-state index contributed by atoms with van der Waals surface area (Å²) in [6.45, 7) is 3.97. The van der Waals surface area contributed by atoms with Crippen LogP contribution >= 0.6 is 0 Å². The molecule has 0 aromatic heterocycles. The number of hydrogen-bond acceptors (Lipinski definition) is 1. The Morgan fingerprint density at radius 2 is 1.67 bits per heavy atom. The van der Waals surface area contributed by atoms with Crippen molar-refractivity contribution in [2.45, 2.75) is 20.0 Å². The van der Waals surface area contributed by atoms with Crippen LogP contribution in [0.3, 0.4) is 0 Å². The standard InChI is InChI=1S/C3H7O.2Ho/c1-3(2)4;;/h3H,1-2H3;;/q-1;;+1. The molecule has 1 radical (unpaired) electrons. The van der Waals surface area contributed by atoms with Crippen molar-refractivity contribution in [1.29, 1.82) is 0 Å². The summed E-state index contributed by atoms with van der Waals surface area (Å²) in [5.41, 5.74) is 0. The molecule has 0 saturated carbocycles. The van der Waals surface area contributed by atoms with Gasteiger partial charge in [0.2, 0.25) is 0 Å². The zero-order chi connectivity index (χ0) is 4.28. The van der Waals surface area contributed by atoms with Crippen LogP contribution < -0.4 is 0 Å². The molecule has 1 nitrogen and oxygen atoms in total. The molecule has 3 heteroatoms. The summed E-state index contributed by atoms with van der Waals surface area (Å²) in [4.78, 5) is 0. The molecule has 0 fully saturated rings. The van der Waals surface area contributed by atoms with E-state index in [4.69, 9.17) is 1.44 Å². The molecule has 0 spiro atoms. The van der Waals surface area contributed by atoms with Crippen LogP contribution in [0.15, 0.2) is 0 Å². The van der Waals surface area contributed by atoms with Crippen LogP contribution in [0.25, 0.3) is 0 Å². The molecule has 0 saturated heterocycles. The van der Waals surface area contributed by atoms with Crippen LogP contribution in [0.4, 0.5) is 0 Å². The van der Waals surface area contributed by atoms with E-state index in [1.807, 2.05) is 50.2 Å².